The summed E-state index contributed by atoms with van der Waals surface area (Å²) in [5, 5.41) is 8.68. The number of aromatic nitrogens is 1. The molecule has 0 aliphatic rings. The molecule has 0 fully saturated rings. The molecule has 0 atom stereocenters. The molecule has 1 rings (SSSR count). The summed E-state index contributed by atoms with van der Waals surface area (Å²) in [5.74, 6) is 0. The van der Waals surface area contributed by atoms with Crippen molar-refractivity contribution in [2.45, 2.75) is 25.8 Å². The number of aliphatic hydroxyl groups is 1. The molecule has 1 heterocycles. The summed E-state index contributed by atoms with van der Waals surface area (Å²) < 4.78 is 0. The molecule has 3 N–H and O–H groups in total. The van der Waals surface area contributed by atoms with Gasteiger partial charge in [0.2, 0.25) is 0 Å². The predicted molar refractivity (Wildman–Crippen MR) is 66.3 cm³/mol. The average Bonchev–Trinajstić information content (AvgIpc) is 2.34. The van der Waals surface area contributed by atoms with Crippen LogP contribution in [0, 0.1) is 0 Å². The van der Waals surface area contributed by atoms with Gasteiger partial charge in [0.05, 0.1) is 5.69 Å². The third-order valence-electron chi connectivity index (χ3n) is 2.60. The maximum absolute atomic E-state index is 8.68. The molecule has 0 saturated carbocycles. The topological polar surface area (TPSA) is 62.4 Å². The molecule has 0 aromatic carbocycles. The Kier molecular flexibility index (Phi) is 5.82. The molecule has 90 valence electrons. The van der Waals surface area contributed by atoms with Gasteiger partial charge < -0.3 is 15.7 Å². The molecule has 0 radical (unpaired) electrons. The van der Waals surface area contributed by atoms with E-state index in [0.717, 1.165) is 37.2 Å². The van der Waals surface area contributed by atoms with Crippen molar-refractivity contribution in [1.29, 1.82) is 0 Å². The SMILES string of the molecule is CN(CCCCCO)c1ccnc(CN)c1. The first-order valence-electron chi connectivity index (χ1n) is 5.75. The van der Waals surface area contributed by atoms with Crippen LogP contribution in [0.15, 0.2) is 18.3 Å². The van der Waals surface area contributed by atoms with Crippen molar-refractivity contribution in [3.05, 3.63) is 24.0 Å². The zero-order valence-electron chi connectivity index (χ0n) is 9.89. The van der Waals surface area contributed by atoms with E-state index in [1.807, 2.05) is 12.1 Å². The molecule has 0 spiro atoms. The minimum absolute atomic E-state index is 0.288. The van der Waals surface area contributed by atoms with Crippen LogP contribution in [0.2, 0.25) is 0 Å². The van der Waals surface area contributed by atoms with Gasteiger partial charge in [0.25, 0.3) is 0 Å². The molecule has 0 bridgehead atoms. The summed E-state index contributed by atoms with van der Waals surface area (Å²) in [5.41, 5.74) is 7.62. The van der Waals surface area contributed by atoms with Gasteiger partial charge in [0, 0.05) is 38.6 Å². The number of unbranched alkanes of at least 4 members (excludes halogenated alkanes) is 2. The first-order chi connectivity index (χ1) is 7.77. The third kappa shape index (κ3) is 4.16. The van der Waals surface area contributed by atoms with Gasteiger partial charge in [0.1, 0.15) is 0 Å². The number of hydrogen-bond donors (Lipinski definition) is 2. The normalized spacial score (nSPS) is 10.4. The van der Waals surface area contributed by atoms with Crippen molar-refractivity contribution in [3.63, 3.8) is 0 Å². The van der Waals surface area contributed by atoms with E-state index in [4.69, 9.17) is 10.8 Å². The largest absolute Gasteiger partial charge is 0.396 e. The maximum Gasteiger partial charge on any atom is 0.0560 e. The lowest BCUT2D eigenvalue weighted by Crippen LogP contribution is -2.19. The van der Waals surface area contributed by atoms with Crippen LogP contribution in [0.25, 0.3) is 0 Å². The first kappa shape index (κ1) is 12.9. The number of rotatable bonds is 7. The highest BCUT2D eigenvalue weighted by molar-refractivity contribution is 5.45. The summed E-state index contributed by atoms with van der Waals surface area (Å²) in [7, 11) is 2.06. The molecule has 0 unspecified atom stereocenters. The van der Waals surface area contributed by atoms with E-state index in [0.29, 0.717) is 6.54 Å². The van der Waals surface area contributed by atoms with E-state index in [-0.39, 0.29) is 6.61 Å². The van der Waals surface area contributed by atoms with Crippen LogP contribution in [0.3, 0.4) is 0 Å². The van der Waals surface area contributed by atoms with Gasteiger partial charge in [-0.1, -0.05) is 0 Å². The second-order valence-corrected chi connectivity index (χ2v) is 3.92. The first-order valence-corrected chi connectivity index (χ1v) is 5.75. The van der Waals surface area contributed by atoms with Crippen molar-refractivity contribution in [1.82, 2.24) is 4.98 Å². The Hall–Kier alpha value is -1.13. The fourth-order valence-corrected chi connectivity index (χ4v) is 1.58. The second kappa shape index (κ2) is 7.19. The van der Waals surface area contributed by atoms with Crippen LogP contribution in [0.1, 0.15) is 25.0 Å². The lowest BCUT2D eigenvalue weighted by molar-refractivity contribution is 0.283. The number of nitrogens with zero attached hydrogens (tertiary/aromatic N) is 2. The van der Waals surface area contributed by atoms with Crippen LogP contribution in [-0.4, -0.2) is 30.3 Å². The average molecular weight is 223 g/mol. The van der Waals surface area contributed by atoms with Gasteiger partial charge in [-0.2, -0.15) is 0 Å². The summed E-state index contributed by atoms with van der Waals surface area (Å²) in [6, 6.07) is 4.01. The van der Waals surface area contributed by atoms with E-state index in [2.05, 4.69) is 16.9 Å². The van der Waals surface area contributed by atoms with E-state index in [1.54, 1.807) is 6.20 Å². The van der Waals surface area contributed by atoms with Crippen LogP contribution in [0.5, 0.6) is 0 Å². The molecule has 16 heavy (non-hydrogen) atoms. The van der Waals surface area contributed by atoms with Crippen molar-refractivity contribution in [2.75, 3.05) is 25.1 Å². The minimum Gasteiger partial charge on any atom is -0.396 e. The summed E-state index contributed by atoms with van der Waals surface area (Å²) in [6.45, 7) is 1.76. The molecule has 1 aromatic heterocycles. The van der Waals surface area contributed by atoms with Gasteiger partial charge in [0.15, 0.2) is 0 Å². The third-order valence-corrected chi connectivity index (χ3v) is 2.60. The smallest absolute Gasteiger partial charge is 0.0560 e. The van der Waals surface area contributed by atoms with Crippen LogP contribution in [-0.2, 0) is 6.54 Å². The molecule has 1 aromatic rings. The predicted octanol–water partition coefficient (Wildman–Crippen LogP) is 1.14. The molecular weight excluding hydrogens is 202 g/mol. The van der Waals surface area contributed by atoms with Crippen molar-refractivity contribution < 1.29 is 5.11 Å². The Morgan fingerprint density at radius 3 is 2.88 bits per heavy atom. The van der Waals surface area contributed by atoms with E-state index in [9.17, 15) is 0 Å². The maximum atomic E-state index is 8.68. The standard InChI is InChI=1S/C12H21N3O/c1-15(7-3-2-4-8-16)12-5-6-14-11(9-12)10-13/h5-6,9,16H,2-4,7-8,10,13H2,1H3. The Labute approximate surface area is 97.1 Å². The van der Waals surface area contributed by atoms with Gasteiger partial charge in [-0.15, -0.1) is 0 Å². The Bertz CT molecular complexity index is 304. The molecule has 4 heteroatoms. The lowest BCUT2D eigenvalue weighted by atomic mass is 10.2. The number of anilines is 1. The van der Waals surface area contributed by atoms with Gasteiger partial charge >= 0.3 is 0 Å². The Morgan fingerprint density at radius 2 is 2.19 bits per heavy atom. The number of pyridine rings is 1. The fourth-order valence-electron chi connectivity index (χ4n) is 1.58. The molecule has 0 aliphatic carbocycles. The quantitative estimate of drug-likeness (QED) is 0.680. The van der Waals surface area contributed by atoms with Gasteiger partial charge in [-0.3, -0.25) is 4.98 Å². The van der Waals surface area contributed by atoms with E-state index >= 15 is 0 Å². The second-order valence-electron chi connectivity index (χ2n) is 3.92. The Morgan fingerprint density at radius 1 is 1.38 bits per heavy atom. The zero-order chi connectivity index (χ0) is 11.8. The number of nitrogens with two attached hydrogens (primary N) is 1. The summed E-state index contributed by atoms with van der Waals surface area (Å²) in [6.07, 6.45) is 4.84. The van der Waals surface area contributed by atoms with Crippen LogP contribution < -0.4 is 10.6 Å². The molecule has 0 amide bonds. The highest BCUT2D eigenvalue weighted by Crippen LogP contribution is 2.13. The summed E-state index contributed by atoms with van der Waals surface area (Å²) in [4.78, 5) is 6.36. The molecular formula is C12H21N3O. The molecule has 0 aliphatic heterocycles. The van der Waals surface area contributed by atoms with Crippen LogP contribution >= 0.6 is 0 Å². The Balaban J connectivity index is 2.42. The summed E-state index contributed by atoms with van der Waals surface area (Å²) >= 11 is 0. The van der Waals surface area contributed by atoms with Crippen molar-refractivity contribution in [2.24, 2.45) is 5.73 Å². The molecule has 0 saturated heterocycles. The van der Waals surface area contributed by atoms with Crippen molar-refractivity contribution >= 4 is 5.69 Å². The monoisotopic (exact) mass is 223 g/mol. The van der Waals surface area contributed by atoms with Crippen molar-refractivity contribution in [3.8, 4) is 0 Å². The highest BCUT2D eigenvalue weighted by Gasteiger charge is 2.01. The van der Waals surface area contributed by atoms with Gasteiger partial charge in [-0.25, -0.2) is 0 Å². The van der Waals surface area contributed by atoms with Crippen LogP contribution in [0.4, 0.5) is 5.69 Å². The zero-order valence-corrected chi connectivity index (χ0v) is 9.89. The van der Waals surface area contributed by atoms with E-state index < -0.39 is 0 Å². The number of aliphatic hydroxyl groups excluding tert-OH is 1. The lowest BCUT2D eigenvalue weighted by Gasteiger charge is -2.19. The highest BCUT2D eigenvalue weighted by atomic mass is 16.2. The van der Waals surface area contributed by atoms with Gasteiger partial charge in [-0.05, 0) is 31.4 Å². The van der Waals surface area contributed by atoms with E-state index in [1.165, 1.54) is 0 Å². The molecule has 4 nitrogen and oxygen atoms in total. The minimum atomic E-state index is 0.288. The fraction of sp³-hybridized carbons (Fsp3) is 0.583. The number of hydrogen-bond acceptors (Lipinski definition) is 4.